The molecule has 4 nitrogen and oxygen atoms in total. The highest BCUT2D eigenvalue weighted by Crippen LogP contribution is 2.39. The number of nitriles is 1. The molecule has 0 bridgehead atoms. The first-order valence-electron chi connectivity index (χ1n) is 12.5. The number of aromatic nitrogens is 2. The smallest absolute Gasteiger partial charge is 0.244 e. The topological polar surface area (TPSA) is 58.7 Å². The van der Waals surface area contributed by atoms with Crippen molar-refractivity contribution in [2.75, 3.05) is 0 Å². The zero-order valence-electron chi connectivity index (χ0n) is 20.6. The Labute approximate surface area is 206 Å². The SMILES string of the molecule is CC(Sc1nc2c(cc1C#N)CC(C(C)(C)C)CC2)C(=O)n1c2c(c3ccccc31)CCCC2. The van der Waals surface area contributed by atoms with Crippen LogP contribution in [0.1, 0.15) is 79.8 Å². The number of fused-ring (bicyclic) bond motifs is 4. The molecule has 2 aliphatic rings. The molecule has 5 rings (SSSR count). The normalized spacial score (nSPS) is 18.7. The van der Waals surface area contributed by atoms with Crippen LogP contribution in [0.2, 0.25) is 0 Å². The fourth-order valence-corrected chi connectivity index (χ4v) is 6.64. The van der Waals surface area contributed by atoms with Crippen LogP contribution in [0.5, 0.6) is 0 Å². The Morgan fingerprint density at radius 3 is 2.74 bits per heavy atom. The number of carbonyl (C=O) groups is 1. The summed E-state index contributed by atoms with van der Waals surface area (Å²) in [6.45, 7) is 8.84. The molecule has 0 saturated carbocycles. The number of rotatable bonds is 3. The molecule has 34 heavy (non-hydrogen) atoms. The molecule has 1 aromatic carbocycles. The van der Waals surface area contributed by atoms with Gasteiger partial charge in [0.15, 0.2) is 0 Å². The van der Waals surface area contributed by atoms with E-state index in [1.54, 1.807) is 0 Å². The molecule has 0 radical (unpaired) electrons. The van der Waals surface area contributed by atoms with Crippen LogP contribution in [0.4, 0.5) is 0 Å². The molecule has 2 heterocycles. The molecule has 5 heteroatoms. The molecule has 0 spiro atoms. The molecular weight excluding hydrogens is 438 g/mol. The first-order valence-corrected chi connectivity index (χ1v) is 13.4. The van der Waals surface area contributed by atoms with Crippen molar-refractivity contribution in [1.82, 2.24) is 9.55 Å². The summed E-state index contributed by atoms with van der Waals surface area (Å²) >= 11 is 1.44. The summed E-state index contributed by atoms with van der Waals surface area (Å²) in [6.07, 6.45) is 7.32. The van der Waals surface area contributed by atoms with Gasteiger partial charge in [-0.05, 0) is 86.5 Å². The maximum absolute atomic E-state index is 13.8. The van der Waals surface area contributed by atoms with Crippen LogP contribution in [0.25, 0.3) is 10.9 Å². The van der Waals surface area contributed by atoms with Gasteiger partial charge < -0.3 is 0 Å². The quantitative estimate of drug-likeness (QED) is 0.396. The minimum absolute atomic E-state index is 0.0838. The number of pyridine rings is 1. The van der Waals surface area contributed by atoms with E-state index in [9.17, 15) is 10.1 Å². The average Bonchev–Trinajstić information content (AvgIpc) is 3.16. The molecule has 0 aliphatic heterocycles. The first-order chi connectivity index (χ1) is 16.3. The number of nitrogens with zero attached hydrogens (tertiary/aromatic N) is 3. The molecule has 0 fully saturated rings. The van der Waals surface area contributed by atoms with Gasteiger partial charge in [-0.15, -0.1) is 0 Å². The molecular formula is C29H33N3OS. The fraction of sp³-hybridized carbons (Fsp3) is 0.483. The molecule has 2 aliphatic carbocycles. The minimum Gasteiger partial charge on any atom is -0.283 e. The Morgan fingerprint density at radius 1 is 1.21 bits per heavy atom. The van der Waals surface area contributed by atoms with Crippen molar-refractivity contribution in [2.45, 2.75) is 82.9 Å². The summed E-state index contributed by atoms with van der Waals surface area (Å²) in [5.74, 6) is 0.682. The van der Waals surface area contributed by atoms with Crippen molar-refractivity contribution >= 4 is 28.6 Å². The van der Waals surface area contributed by atoms with Crippen molar-refractivity contribution in [3.63, 3.8) is 0 Å². The van der Waals surface area contributed by atoms with Gasteiger partial charge in [0, 0.05) is 16.8 Å². The monoisotopic (exact) mass is 471 g/mol. The Morgan fingerprint density at radius 2 is 1.97 bits per heavy atom. The molecule has 2 aromatic heterocycles. The van der Waals surface area contributed by atoms with Crippen molar-refractivity contribution in [2.24, 2.45) is 11.3 Å². The summed E-state index contributed by atoms with van der Waals surface area (Å²) in [4.78, 5) is 18.7. The van der Waals surface area contributed by atoms with E-state index >= 15 is 0 Å². The molecule has 0 amide bonds. The van der Waals surface area contributed by atoms with E-state index in [0.29, 0.717) is 16.5 Å². The second-order valence-corrected chi connectivity index (χ2v) is 12.3. The number of hydrogen-bond donors (Lipinski definition) is 0. The highest BCUT2D eigenvalue weighted by atomic mass is 32.2. The zero-order chi connectivity index (χ0) is 24.0. The average molecular weight is 472 g/mol. The maximum atomic E-state index is 13.8. The van der Waals surface area contributed by atoms with Crippen molar-refractivity contribution < 1.29 is 4.79 Å². The predicted molar refractivity (Wildman–Crippen MR) is 138 cm³/mol. The van der Waals surface area contributed by atoms with Gasteiger partial charge in [0.1, 0.15) is 11.1 Å². The van der Waals surface area contributed by atoms with Crippen LogP contribution in [0.15, 0.2) is 35.4 Å². The summed E-state index contributed by atoms with van der Waals surface area (Å²) in [5.41, 5.74) is 6.68. The number of hydrogen-bond acceptors (Lipinski definition) is 4. The third-order valence-electron chi connectivity index (χ3n) is 7.73. The molecule has 2 unspecified atom stereocenters. The standard InChI is InChI=1S/C29H33N3OS/c1-18(28(33)32-25-11-7-5-9-22(25)23-10-6-8-12-26(23)32)34-27-20(17-30)15-19-16-21(29(2,3)4)13-14-24(19)31-27/h5,7,9,11,15,18,21H,6,8,10,12-14,16H2,1-4H3. The van der Waals surface area contributed by atoms with E-state index in [1.807, 2.05) is 23.6 Å². The van der Waals surface area contributed by atoms with Crippen molar-refractivity contribution in [1.29, 1.82) is 5.26 Å². The Kier molecular flexibility index (Phi) is 6.06. The zero-order valence-corrected chi connectivity index (χ0v) is 21.5. The van der Waals surface area contributed by atoms with Crippen LogP contribution in [-0.2, 0) is 25.7 Å². The first kappa shape index (κ1) is 23.2. The lowest BCUT2D eigenvalue weighted by Gasteiger charge is -2.34. The highest BCUT2D eigenvalue weighted by Gasteiger charge is 2.31. The van der Waals surface area contributed by atoms with E-state index in [4.69, 9.17) is 4.98 Å². The lowest BCUT2D eigenvalue weighted by atomic mass is 9.71. The van der Waals surface area contributed by atoms with Gasteiger partial charge in [0.05, 0.1) is 16.3 Å². The second kappa shape index (κ2) is 8.89. The molecule has 3 aromatic rings. The third-order valence-corrected chi connectivity index (χ3v) is 8.82. The number of benzene rings is 1. The number of para-hydroxylation sites is 1. The Bertz CT molecular complexity index is 1310. The van der Waals surface area contributed by atoms with E-state index in [2.05, 4.69) is 45.0 Å². The van der Waals surface area contributed by atoms with Gasteiger partial charge in [0.2, 0.25) is 5.91 Å². The Balaban J connectivity index is 1.45. The van der Waals surface area contributed by atoms with Crippen LogP contribution >= 0.6 is 11.8 Å². The molecule has 0 saturated heterocycles. The summed E-state index contributed by atoms with van der Waals surface area (Å²) < 4.78 is 1.96. The van der Waals surface area contributed by atoms with Crippen LogP contribution in [0.3, 0.4) is 0 Å². The van der Waals surface area contributed by atoms with Gasteiger partial charge in [-0.25, -0.2) is 4.98 Å². The lowest BCUT2D eigenvalue weighted by Crippen LogP contribution is -2.28. The van der Waals surface area contributed by atoms with Gasteiger partial charge in [-0.2, -0.15) is 5.26 Å². The summed E-state index contributed by atoms with van der Waals surface area (Å²) in [6, 6.07) is 12.7. The summed E-state index contributed by atoms with van der Waals surface area (Å²) in [5, 5.41) is 11.5. The van der Waals surface area contributed by atoms with E-state index in [-0.39, 0.29) is 16.6 Å². The molecule has 176 valence electrons. The molecule has 0 N–H and O–H groups in total. The highest BCUT2D eigenvalue weighted by molar-refractivity contribution is 8.00. The minimum atomic E-state index is -0.328. The fourth-order valence-electron chi connectivity index (χ4n) is 5.70. The van der Waals surface area contributed by atoms with Crippen LogP contribution in [-0.4, -0.2) is 20.7 Å². The van der Waals surface area contributed by atoms with Gasteiger partial charge >= 0.3 is 0 Å². The summed E-state index contributed by atoms with van der Waals surface area (Å²) in [7, 11) is 0. The largest absolute Gasteiger partial charge is 0.283 e. The van der Waals surface area contributed by atoms with Gasteiger partial charge in [-0.1, -0.05) is 50.7 Å². The van der Waals surface area contributed by atoms with Crippen LogP contribution < -0.4 is 0 Å². The maximum Gasteiger partial charge on any atom is 0.244 e. The van der Waals surface area contributed by atoms with E-state index < -0.39 is 0 Å². The predicted octanol–water partition coefficient (Wildman–Crippen LogP) is 6.76. The molecule has 2 atom stereocenters. The van der Waals surface area contributed by atoms with Gasteiger partial charge in [0.25, 0.3) is 0 Å². The van der Waals surface area contributed by atoms with Crippen molar-refractivity contribution in [3.8, 4) is 6.07 Å². The number of aryl methyl sites for hydroxylation is 2. The third kappa shape index (κ3) is 4.07. The second-order valence-electron chi connectivity index (χ2n) is 10.9. The van der Waals surface area contributed by atoms with E-state index in [1.165, 1.54) is 40.4 Å². The number of thioether (sulfide) groups is 1. The van der Waals surface area contributed by atoms with Gasteiger partial charge in [-0.3, -0.25) is 9.36 Å². The van der Waals surface area contributed by atoms with Crippen molar-refractivity contribution in [3.05, 3.63) is 58.4 Å². The lowest BCUT2D eigenvalue weighted by molar-refractivity contribution is 0.0917. The Hall–Kier alpha value is -2.58. The van der Waals surface area contributed by atoms with Crippen LogP contribution in [0, 0.1) is 22.7 Å². The van der Waals surface area contributed by atoms with E-state index in [0.717, 1.165) is 49.7 Å². The number of carbonyl (C=O) groups excluding carboxylic acids is 1.